The topological polar surface area (TPSA) is 176 Å². The molecule has 0 radical (unpaired) electrons. The summed E-state index contributed by atoms with van der Waals surface area (Å²) >= 11 is 0. The fourth-order valence-electron chi connectivity index (χ4n) is 3.58. The van der Waals surface area contributed by atoms with Gasteiger partial charge in [-0.15, -0.1) is 0 Å². The first kappa shape index (κ1) is 32.6. The van der Waals surface area contributed by atoms with Crippen LogP contribution in [0, 0.1) is 0 Å². The Morgan fingerprint density at radius 2 is 1.00 bits per heavy atom. The van der Waals surface area contributed by atoms with Gasteiger partial charge in [-0.2, -0.15) is 0 Å². The van der Waals surface area contributed by atoms with Gasteiger partial charge in [0.05, 0.1) is 11.3 Å². The summed E-state index contributed by atoms with van der Waals surface area (Å²) in [6.45, 7) is 21.8. The molecule has 11 nitrogen and oxygen atoms in total. The number of nitrogens with one attached hydrogen (secondary N) is 3. The maximum Gasteiger partial charge on any atom is 0.0630 e. The van der Waals surface area contributed by atoms with Crippen LogP contribution in [0.3, 0.4) is 0 Å². The van der Waals surface area contributed by atoms with Crippen molar-refractivity contribution in [2.75, 3.05) is 105 Å². The highest BCUT2D eigenvalue weighted by Crippen LogP contribution is 2.04. The lowest BCUT2D eigenvalue weighted by Crippen LogP contribution is -2.54. The van der Waals surface area contributed by atoms with Gasteiger partial charge in [-0.25, -0.2) is 0 Å². The average molecular weight is 476 g/mol. The molecule has 11 heteroatoms. The minimum atomic E-state index is -0.362. The number of rotatable bonds is 23. The third kappa shape index (κ3) is 19.5. The Labute approximate surface area is 203 Å². The maximum atomic E-state index is 6.21. The highest BCUT2D eigenvalue weighted by molar-refractivity contribution is 4.76. The first-order valence-corrected chi connectivity index (χ1v) is 12.6. The van der Waals surface area contributed by atoms with Crippen LogP contribution in [-0.2, 0) is 0 Å². The van der Waals surface area contributed by atoms with Gasteiger partial charge in [-0.3, -0.25) is 20.0 Å². The van der Waals surface area contributed by atoms with Gasteiger partial charge in [-0.1, -0.05) is 0 Å². The summed E-state index contributed by atoms with van der Waals surface area (Å²) in [4.78, 5) is 7.01. The first-order valence-electron chi connectivity index (χ1n) is 12.6. The third-order valence-electron chi connectivity index (χ3n) is 5.49. The van der Waals surface area contributed by atoms with Crippen LogP contribution in [0.15, 0.2) is 0 Å². The van der Waals surface area contributed by atoms with Crippen LogP contribution in [-0.4, -0.2) is 131 Å². The van der Waals surface area contributed by atoms with Crippen LogP contribution in [0.5, 0.6) is 0 Å². The zero-order valence-electron chi connectivity index (χ0n) is 22.0. The molecule has 0 heterocycles. The van der Waals surface area contributed by atoms with Gasteiger partial charge >= 0.3 is 0 Å². The summed E-state index contributed by atoms with van der Waals surface area (Å²) in [6, 6.07) is 0. The molecule has 0 aliphatic rings. The van der Waals surface area contributed by atoms with Crippen molar-refractivity contribution in [3.8, 4) is 0 Å². The molecule has 0 saturated heterocycles. The van der Waals surface area contributed by atoms with E-state index in [2.05, 4.69) is 30.7 Å². The molecule has 0 amide bonds. The van der Waals surface area contributed by atoms with Crippen LogP contribution in [0.4, 0.5) is 0 Å². The lowest BCUT2D eigenvalue weighted by molar-refractivity contribution is 0.131. The zero-order chi connectivity index (χ0) is 25.2. The van der Waals surface area contributed by atoms with Gasteiger partial charge in [0.15, 0.2) is 0 Å². The molecule has 0 atom stereocenters. The van der Waals surface area contributed by atoms with Crippen molar-refractivity contribution in [3.05, 3.63) is 0 Å². The second kappa shape index (κ2) is 18.8. The average Bonchev–Trinajstić information content (AvgIpc) is 2.71. The van der Waals surface area contributed by atoms with E-state index in [1.807, 2.05) is 27.7 Å². The third-order valence-corrected chi connectivity index (χ3v) is 5.49. The molecule has 200 valence electrons. The van der Waals surface area contributed by atoms with Crippen LogP contribution in [0.2, 0.25) is 0 Å². The van der Waals surface area contributed by atoms with Crippen molar-refractivity contribution >= 4 is 0 Å². The molecule has 0 aromatic carbocycles. The summed E-state index contributed by atoms with van der Waals surface area (Å²) in [5, 5.41) is 10.4. The molecule has 0 fully saturated rings. The summed E-state index contributed by atoms with van der Waals surface area (Å²) in [6.07, 6.45) is 0. The minimum absolute atomic E-state index is 0.347. The molecule has 0 aliphatic carbocycles. The van der Waals surface area contributed by atoms with E-state index in [9.17, 15) is 0 Å². The summed E-state index contributed by atoms with van der Waals surface area (Å²) in [5.41, 5.74) is 28.8. The quantitative estimate of drug-likeness (QED) is 0.0555. The Morgan fingerprint density at radius 3 is 1.45 bits per heavy atom. The molecule has 0 aromatic rings. The number of hydrogen-bond donors (Lipinski definition) is 8. The fraction of sp³-hybridized carbons (Fsp3) is 1.00. The van der Waals surface area contributed by atoms with Crippen molar-refractivity contribution in [2.45, 2.75) is 39.0 Å². The SMILES string of the molecule is CC(C)(N)NCCN(CCNCCNCCN(CCN)C(C)(C)N)CCN(CCN)CCN. The van der Waals surface area contributed by atoms with Crippen LogP contribution in [0.25, 0.3) is 0 Å². The Hall–Kier alpha value is -0.440. The highest BCUT2D eigenvalue weighted by atomic mass is 15.3. The first-order chi connectivity index (χ1) is 15.5. The Kier molecular flexibility index (Phi) is 18.6. The predicted molar refractivity (Wildman–Crippen MR) is 142 cm³/mol. The van der Waals surface area contributed by atoms with E-state index in [-0.39, 0.29) is 11.3 Å². The molecule has 33 heavy (non-hydrogen) atoms. The van der Waals surface area contributed by atoms with E-state index in [4.69, 9.17) is 28.7 Å². The van der Waals surface area contributed by atoms with E-state index in [1.54, 1.807) is 0 Å². The van der Waals surface area contributed by atoms with Crippen molar-refractivity contribution in [3.63, 3.8) is 0 Å². The van der Waals surface area contributed by atoms with Crippen LogP contribution >= 0.6 is 0 Å². The second-order valence-electron chi connectivity index (χ2n) is 9.84. The van der Waals surface area contributed by atoms with Crippen molar-refractivity contribution in [1.29, 1.82) is 0 Å². The van der Waals surface area contributed by atoms with Gasteiger partial charge in [0.25, 0.3) is 0 Å². The van der Waals surface area contributed by atoms with E-state index in [1.165, 1.54) is 0 Å². The highest BCUT2D eigenvalue weighted by Gasteiger charge is 2.20. The summed E-state index contributed by atoms with van der Waals surface area (Å²) < 4.78 is 0. The van der Waals surface area contributed by atoms with Crippen LogP contribution in [0.1, 0.15) is 27.7 Å². The normalized spacial score (nSPS) is 13.1. The van der Waals surface area contributed by atoms with E-state index in [0.717, 1.165) is 85.1 Å². The van der Waals surface area contributed by atoms with Gasteiger partial charge in [-0.05, 0) is 27.7 Å². The standard InChI is InChI=1S/C22H57N11/c1-21(2,26)30-12-17-32(20-19-31(13-5-23)14-6-24)16-10-28-8-9-29-11-18-33(15-7-25)22(3,4)27/h28-30H,5-20,23-27H2,1-4H3. The number of nitrogens with zero attached hydrogens (tertiary/aromatic N) is 3. The smallest absolute Gasteiger partial charge is 0.0630 e. The van der Waals surface area contributed by atoms with Gasteiger partial charge in [0.1, 0.15) is 0 Å². The zero-order valence-corrected chi connectivity index (χ0v) is 22.0. The molecule has 0 aliphatic heterocycles. The van der Waals surface area contributed by atoms with Crippen molar-refractivity contribution in [1.82, 2.24) is 30.7 Å². The van der Waals surface area contributed by atoms with Gasteiger partial charge in [0, 0.05) is 105 Å². The molecular formula is C22H57N11. The molecule has 0 rings (SSSR count). The molecule has 0 aromatic heterocycles. The van der Waals surface area contributed by atoms with E-state index < -0.39 is 0 Å². The molecular weight excluding hydrogens is 418 g/mol. The van der Waals surface area contributed by atoms with Gasteiger partial charge < -0.3 is 39.3 Å². The maximum absolute atomic E-state index is 6.21. The van der Waals surface area contributed by atoms with Gasteiger partial charge in [0.2, 0.25) is 0 Å². The molecule has 0 unspecified atom stereocenters. The van der Waals surface area contributed by atoms with Crippen molar-refractivity contribution < 1.29 is 0 Å². The van der Waals surface area contributed by atoms with E-state index >= 15 is 0 Å². The van der Waals surface area contributed by atoms with Crippen molar-refractivity contribution in [2.24, 2.45) is 28.7 Å². The Morgan fingerprint density at radius 1 is 0.545 bits per heavy atom. The molecule has 0 bridgehead atoms. The summed E-state index contributed by atoms with van der Waals surface area (Å²) in [7, 11) is 0. The summed E-state index contributed by atoms with van der Waals surface area (Å²) in [5.74, 6) is 0. The predicted octanol–water partition coefficient (Wildman–Crippen LogP) is -3.07. The lowest BCUT2D eigenvalue weighted by Gasteiger charge is -2.35. The van der Waals surface area contributed by atoms with Crippen LogP contribution < -0.4 is 44.6 Å². The number of nitrogens with two attached hydrogens (primary N) is 5. The largest absolute Gasteiger partial charge is 0.329 e. The fourth-order valence-corrected chi connectivity index (χ4v) is 3.58. The van der Waals surface area contributed by atoms with E-state index in [0.29, 0.717) is 19.6 Å². The second-order valence-corrected chi connectivity index (χ2v) is 9.84. The Bertz CT molecular complexity index is 431. The molecule has 0 spiro atoms. The minimum Gasteiger partial charge on any atom is -0.329 e. The number of hydrogen-bond acceptors (Lipinski definition) is 11. The Balaban J connectivity index is 4.23. The monoisotopic (exact) mass is 475 g/mol. The molecule has 0 saturated carbocycles. The molecule has 13 N–H and O–H groups in total. The lowest BCUT2D eigenvalue weighted by atomic mass is 10.2.